The molecule has 0 saturated carbocycles. The fraction of sp³-hybridized carbons (Fsp3) is 0.471. The van der Waals surface area contributed by atoms with Crippen molar-refractivity contribution in [2.24, 2.45) is 0 Å². The molecule has 2 aromatic heterocycles. The first-order chi connectivity index (χ1) is 12.4. The maximum atomic E-state index is 12.5. The highest BCUT2D eigenvalue weighted by Crippen LogP contribution is 2.22. The molecule has 0 atom stereocenters. The molecule has 0 N–H and O–H groups in total. The van der Waals surface area contributed by atoms with Gasteiger partial charge >= 0.3 is 0 Å². The van der Waals surface area contributed by atoms with Crippen molar-refractivity contribution in [3.8, 4) is 0 Å². The number of hydrogen-bond donors (Lipinski definition) is 0. The van der Waals surface area contributed by atoms with Gasteiger partial charge in [0.2, 0.25) is 5.91 Å². The van der Waals surface area contributed by atoms with Crippen LogP contribution in [0.15, 0.2) is 38.3 Å². The molecule has 1 aliphatic heterocycles. The maximum Gasteiger partial charge on any atom is 0.252 e. The van der Waals surface area contributed by atoms with Crippen LogP contribution in [0.2, 0.25) is 0 Å². The third-order valence-corrected chi connectivity index (χ3v) is 7.67. The molecule has 7 nitrogen and oxygen atoms in total. The van der Waals surface area contributed by atoms with Crippen molar-refractivity contribution in [3.63, 3.8) is 0 Å². The summed E-state index contributed by atoms with van der Waals surface area (Å²) in [5, 5.41) is 1.76. The van der Waals surface area contributed by atoms with E-state index in [2.05, 4.69) is 0 Å². The van der Waals surface area contributed by atoms with E-state index in [0.717, 1.165) is 11.5 Å². The quantitative estimate of drug-likeness (QED) is 0.740. The van der Waals surface area contributed by atoms with E-state index < -0.39 is 10.0 Å². The molecule has 1 saturated heterocycles. The van der Waals surface area contributed by atoms with E-state index in [4.69, 9.17) is 4.42 Å². The molecule has 0 spiro atoms. The molecule has 9 heteroatoms. The fourth-order valence-electron chi connectivity index (χ4n) is 2.87. The zero-order valence-electron chi connectivity index (χ0n) is 14.9. The van der Waals surface area contributed by atoms with Gasteiger partial charge in [-0.2, -0.15) is 4.31 Å². The summed E-state index contributed by atoms with van der Waals surface area (Å²) in [4.78, 5) is 16.0. The Balaban J connectivity index is 1.50. The molecule has 2 aromatic rings. The van der Waals surface area contributed by atoms with Crippen LogP contribution in [0.1, 0.15) is 11.5 Å². The number of hydrogen-bond acceptors (Lipinski definition) is 6. The van der Waals surface area contributed by atoms with E-state index in [1.54, 1.807) is 29.5 Å². The Hall–Kier alpha value is -1.68. The van der Waals surface area contributed by atoms with Gasteiger partial charge in [-0.25, -0.2) is 8.42 Å². The van der Waals surface area contributed by atoms with Crippen molar-refractivity contribution in [3.05, 3.63) is 41.2 Å². The van der Waals surface area contributed by atoms with Crippen molar-refractivity contribution < 1.29 is 17.6 Å². The van der Waals surface area contributed by atoms with E-state index in [1.165, 1.54) is 15.6 Å². The highest BCUT2D eigenvalue weighted by Gasteiger charge is 2.30. The minimum absolute atomic E-state index is 0.00591. The normalized spacial score (nSPS) is 16.7. The lowest BCUT2D eigenvalue weighted by Gasteiger charge is -2.33. The van der Waals surface area contributed by atoms with Crippen molar-refractivity contribution in [2.75, 3.05) is 39.8 Å². The van der Waals surface area contributed by atoms with Crippen LogP contribution in [0.3, 0.4) is 0 Å². The molecule has 0 radical (unpaired) electrons. The van der Waals surface area contributed by atoms with Crippen molar-refractivity contribution >= 4 is 27.3 Å². The third-order valence-electron chi connectivity index (χ3n) is 4.39. The third kappa shape index (κ3) is 4.35. The standard InChI is InChI=1S/C17H23N3O4S2/c1-14-5-6-15(24-14)12-18(2)16(21)13-19-7-9-20(10-8-19)26(22,23)17-4-3-11-25-17/h3-6,11H,7-10,12-13H2,1-2H3. The van der Waals surface area contributed by atoms with E-state index in [-0.39, 0.29) is 12.5 Å². The van der Waals surface area contributed by atoms with Crippen LogP contribution in [-0.2, 0) is 21.4 Å². The Morgan fingerprint density at radius 2 is 1.96 bits per heavy atom. The van der Waals surface area contributed by atoms with Crippen LogP contribution in [0.25, 0.3) is 0 Å². The fourth-order valence-corrected chi connectivity index (χ4v) is 5.44. The lowest BCUT2D eigenvalue weighted by atomic mass is 10.3. The Morgan fingerprint density at radius 3 is 2.54 bits per heavy atom. The summed E-state index contributed by atoms with van der Waals surface area (Å²) in [6.45, 7) is 4.47. The van der Waals surface area contributed by atoms with Crippen molar-refractivity contribution in [1.29, 1.82) is 0 Å². The van der Waals surface area contributed by atoms with Gasteiger partial charge in [0.1, 0.15) is 15.7 Å². The zero-order valence-corrected chi connectivity index (χ0v) is 16.6. The minimum atomic E-state index is -3.41. The summed E-state index contributed by atoms with van der Waals surface area (Å²) in [6.07, 6.45) is 0. The largest absolute Gasteiger partial charge is 0.464 e. The van der Waals surface area contributed by atoms with E-state index >= 15 is 0 Å². The average Bonchev–Trinajstić information content (AvgIpc) is 3.27. The molecule has 0 aliphatic carbocycles. The number of rotatable bonds is 6. The lowest BCUT2D eigenvalue weighted by Crippen LogP contribution is -2.51. The monoisotopic (exact) mass is 397 g/mol. The van der Waals surface area contributed by atoms with Crippen LogP contribution < -0.4 is 0 Å². The first-order valence-corrected chi connectivity index (χ1v) is 10.7. The first kappa shape index (κ1) is 19.1. The number of aryl methyl sites for hydroxylation is 1. The summed E-state index contributed by atoms with van der Waals surface area (Å²) in [5.74, 6) is 1.57. The van der Waals surface area contributed by atoms with Crippen LogP contribution in [-0.4, -0.2) is 68.2 Å². The molecule has 3 heterocycles. The molecule has 1 aliphatic rings. The zero-order chi connectivity index (χ0) is 18.7. The van der Waals surface area contributed by atoms with Gasteiger partial charge in [0.05, 0.1) is 13.1 Å². The first-order valence-electron chi connectivity index (χ1n) is 8.41. The maximum absolute atomic E-state index is 12.5. The number of thiophene rings is 1. The smallest absolute Gasteiger partial charge is 0.252 e. The van der Waals surface area contributed by atoms with Crippen LogP contribution in [0.5, 0.6) is 0 Å². The van der Waals surface area contributed by atoms with Gasteiger partial charge in [0.15, 0.2) is 0 Å². The van der Waals surface area contributed by atoms with Crippen LogP contribution in [0, 0.1) is 6.92 Å². The molecule has 1 fully saturated rings. The predicted molar refractivity (Wildman–Crippen MR) is 99.4 cm³/mol. The molecule has 0 unspecified atom stereocenters. The number of sulfonamides is 1. The lowest BCUT2D eigenvalue weighted by molar-refractivity contribution is -0.132. The summed E-state index contributed by atoms with van der Waals surface area (Å²) in [5.41, 5.74) is 0. The molecule has 142 valence electrons. The number of piperazine rings is 1. The van der Waals surface area contributed by atoms with E-state index in [0.29, 0.717) is 36.9 Å². The number of furan rings is 1. The number of carbonyl (C=O) groups excluding carboxylic acids is 1. The van der Waals surface area contributed by atoms with Gasteiger partial charge in [-0.1, -0.05) is 6.07 Å². The minimum Gasteiger partial charge on any atom is -0.464 e. The molecule has 1 amide bonds. The van der Waals surface area contributed by atoms with Gasteiger partial charge in [0.25, 0.3) is 10.0 Å². The second kappa shape index (κ2) is 7.91. The van der Waals surface area contributed by atoms with Gasteiger partial charge in [0, 0.05) is 33.2 Å². The summed E-state index contributed by atoms with van der Waals surface area (Å²) in [6, 6.07) is 7.11. The number of amides is 1. The number of likely N-dealkylation sites (N-methyl/N-ethyl adjacent to an activating group) is 1. The Bertz CT molecular complexity index is 837. The van der Waals surface area contributed by atoms with E-state index in [1.807, 2.05) is 24.0 Å². The van der Waals surface area contributed by atoms with Crippen LogP contribution in [0.4, 0.5) is 0 Å². The second-order valence-electron chi connectivity index (χ2n) is 6.37. The van der Waals surface area contributed by atoms with Gasteiger partial charge < -0.3 is 9.32 Å². The summed E-state index contributed by atoms with van der Waals surface area (Å²) in [7, 11) is -1.66. The Kier molecular flexibility index (Phi) is 5.81. The summed E-state index contributed by atoms with van der Waals surface area (Å²) < 4.78 is 32.4. The second-order valence-corrected chi connectivity index (χ2v) is 9.49. The van der Waals surface area contributed by atoms with Crippen molar-refractivity contribution in [2.45, 2.75) is 17.7 Å². The molecule has 0 bridgehead atoms. The SMILES string of the molecule is Cc1ccc(CN(C)C(=O)CN2CCN(S(=O)(=O)c3cccs3)CC2)o1. The van der Waals surface area contributed by atoms with Gasteiger partial charge in [-0.15, -0.1) is 11.3 Å². The highest BCUT2D eigenvalue weighted by atomic mass is 32.2. The number of nitrogens with zero attached hydrogens (tertiary/aromatic N) is 3. The molecule has 3 rings (SSSR count). The Morgan fingerprint density at radius 1 is 1.23 bits per heavy atom. The van der Waals surface area contributed by atoms with Crippen molar-refractivity contribution in [1.82, 2.24) is 14.1 Å². The Labute approximate surface area is 157 Å². The molecular weight excluding hydrogens is 374 g/mol. The van der Waals surface area contributed by atoms with E-state index in [9.17, 15) is 13.2 Å². The topological polar surface area (TPSA) is 74.1 Å². The highest BCUT2D eigenvalue weighted by molar-refractivity contribution is 7.91. The average molecular weight is 398 g/mol. The summed E-state index contributed by atoms with van der Waals surface area (Å²) >= 11 is 1.23. The molecular formula is C17H23N3O4S2. The number of carbonyl (C=O) groups is 1. The molecule has 26 heavy (non-hydrogen) atoms. The van der Waals surface area contributed by atoms with Gasteiger partial charge in [-0.05, 0) is 30.5 Å². The predicted octanol–water partition coefficient (Wildman–Crippen LogP) is 1.61. The molecule has 0 aromatic carbocycles. The van der Waals surface area contributed by atoms with Crippen LogP contribution >= 0.6 is 11.3 Å². The van der Waals surface area contributed by atoms with Gasteiger partial charge in [-0.3, -0.25) is 9.69 Å².